The van der Waals surface area contributed by atoms with E-state index >= 15 is 0 Å². The van der Waals surface area contributed by atoms with Gasteiger partial charge in [-0.2, -0.15) is 0 Å². The summed E-state index contributed by atoms with van der Waals surface area (Å²) >= 11 is 0. The number of methoxy groups -OCH3 is 1. The van der Waals surface area contributed by atoms with Crippen LogP contribution in [0.1, 0.15) is 49.1 Å². The van der Waals surface area contributed by atoms with Crippen molar-refractivity contribution in [3.8, 4) is 17.2 Å². The molecule has 0 aromatic heterocycles. The predicted octanol–water partition coefficient (Wildman–Crippen LogP) is 4.29. The molecule has 0 amide bonds. The van der Waals surface area contributed by atoms with Crippen molar-refractivity contribution in [1.82, 2.24) is 5.32 Å². The average Bonchev–Trinajstić information content (AvgIpc) is 2.68. The van der Waals surface area contributed by atoms with Gasteiger partial charge < -0.3 is 19.5 Å². The van der Waals surface area contributed by atoms with E-state index in [4.69, 9.17) is 14.2 Å². The van der Waals surface area contributed by atoms with Crippen LogP contribution in [0.2, 0.25) is 0 Å². The molecule has 140 valence electrons. The summed E-state index contributed by atoms with van der Waals surface area (Å²) in [6.45, 7) is 8.41. The van der Waals surface area contributed by atoms with E-state index in [0.717, 1.165) is 36.6 Å². The topological polar surface area (TPSA) is 39.7 Å². The molecule has 0 bridgehead atoms. The molecule has 2 aromatic carbocycles. The van der Waals surface area contributed by atoms with Gasteiger partial charge in [0.1, 0.15) is 5.75 Å². The third kappa shape index (κ3) is 3.65. The van der Waals surface area contributed by atoms with E-state index in [1.165, 1.54) is 22.3 Å². The van der Waals surface area contributed by atoms with Crippen LogP contribution in [0, 0.1) is 0 Å². The van der Waals surface area contributed by atoms with Crippen molar-refractivity contribution >= 4 is 0 Å². The zero-order valence-electron chi connectivity index (χ0n) is 16.2. The Bertz CT molecular complexity index is 757. The summed E-state index contributed by atoms with van der Waals surface area (Å²) in [6, 6.07) is 10.8. The maximum absolute atomic E-state index is 5.86. The number of aryl methyl sites for hydroxylation is 1. The fourth-order valence-corrected chi connectivity index (χ4v) is 3.68. The Balaban J connectivity index is 2.07. The Morgan fingerprint density at radius 3 is 2.35 bits per heavy atom. The lowest BCUT2D eigenvalue weighted by Crippen LogP contribution is -2.31. The fraction of sp³-hybridized carbons (Fsp3) is 0.455. The van der Waals surface area contributed by atoms with Crippen LogP contribution in [0.15, 0.2) is 30.3 Å². The van der Waals surface area contributed by atoms with Crippen LogP contribution in [-0.4, -0.2) is 26.9 Å². The van der Waals surface area contributed by atoms with Crippen LogP contribution in [0.4, 0.5) is 0 Å². The molecule has 0 radical (unpaired) electrons. The van der Waals surface area contributed by atoms with Crippen molar-refractivity contribution < 1.29 is 14.2 Å². The lowest BCUT2D eigenvalue weighted by molar-refractivity contribution is 0.286. The van der Waals surface area contributed by atoms with Gasteiger partial charge >= 0.3 is 0 Å². The number of hydrogen-bond donors (Lipinski definition) is 1. The molecule has 0 aliphatic carbocycles. The van der Waals surface area contributed by atoms with Gasteiger partial charge in [-0.25, -0.2) is 0 Å². The normalized spacial score (nSPS) is 16.1. The second-order valence-electron chi connectivity index (χ2n) is 6.42. The smallest absolute Gasteiger partial charge is 0.161 e. The molecular weight excluding hydrogens is 326 g/mol. The quantitative estimate of drug-likeness (QED) is 0.804. The average molecular weight is 355 g/mol. The van der Waals surface area contributed by atoms with E-state index in [-0.39, 0.29) is 6.04 Å². The highest BCUT2D eigenvalue weighted by Gasteiger charge is 2.25. The minimum atomic E-state index is 0.162. The zero-order valence-corrected chi connectivity index (χ0v) is 16.2. The minimum absolute atomic E-state index is 0.162. The van der Waals surface area contributed by atoms with Crippen LogP contribution >= 0.6 is 0 Å². The largest absolute Gasteiger partial charge is 0.497 e. The molecule has 1 unspecified atom stereocenters. The number of hydrogen-bond acceptors (Lipinski definition) is 4. The highest BCUT2D eigenvalue weighted by Crippen LogP contribution is 2.39. The number of fused-ring (bicyclic) bond motifs is 1. The van der Waals surface area contributed by atoms with Crippen molar-refractivity contribution in [3.05, 3.63) is 52.6 Å². The molecule has 1 aliphatic heterocycles. The summed E-state index contributed by atoms with van der Waals surface area (Å²) in [4.78, 5) is 0. The third-order valence-electron chi connectivity index (χ3n) is 4.90. The van der Waals surface area contributed by atoms with E-state index in [2.05, 4.69) is 36.5 Å². The lowest BCUT2D eigenvalue weighted by Gasteiger charge is -2.30. The van der Waals surface area contributed by atoms with Gasteiger partial charge in [0, 0.05) is 6.54 Å². The van der Waals surface area contributed by atoms with Crippen molar-refractivity contribution in [1.29, 1.82) is 0 Å². The van der Waals surface area contributed by atoms with Gasteiger partial charge in [0.25, 0.3) is 0 Å². The Labute approximate surface area is 156 Å². The number of benzene rings is 2. The molecule has 0 fully saturated rings. The molecule has 0 saturated carbocycles. The van der Waals surface area contributed by atoms with Gasteiger partial charge in [-0.15, -0.1) is 0 Å². The summed E-state index contributed by atoms with van der Waals surface area (Å²) in [5.74, 6) is 2.58. The molecule has 1 N–H and O–H groups in total. The first-order chi connectivity index (χ1) is 12.7. The summed E-state index contributed by atoms with van der Waals surface area (Å²) < 4.78 is 17.1. The standard InChI is InChI=1S/C22H29NO3/c1-5-15-12-17(24-4)8-9-18(15)22-19-14-21(26-7-3)20(25-6-2)13-16(19)10-11-23-22/h8-9,12-14,22-23H,5-7,10-11H2,1-4H3. The highest BCUT2D eigenvalue weighted by molar-refractivity contribution is 5.53. The second-order valence-corrected chi connectivity index (χ2v) is 6.42. The maximum Gasteiger partial charge on any atom is 0.161 e. The van der Waals surface area contributed by atoms with Gasteiger partial charge in [-0.3, -0.25) is 0 Å². The predicted molar refractivity (Wildman–Crippen MR) is 105 cm³/mol. The third-order valence-corrected chi connectivity index (χ3v) is 4.90. The SMILES string of the molecule is CCOc1cc2c(cc1OCC)C(c1ccc(OC)cc1CC)NCC2. The minimum Gasteiger partial charge on any atom is -0.497 e. The molecule has 1 aliphatic rings. The fourth-order valence-electron chi connectivity index (χ4n) is 3.68. The molecular formula is C22H29NO3. The number of ether oxygens (including phenoxy) is 3. The number of rotatable bonds is 7. The molecule has 0 saturated heterocycles. The van der Waals surface area contributed by atoms with Crippen LogP contribution < -0.4 is 19.5 Å². The van der Waals surface area contributed by atoms with Gasteiger partial charge in [-0.05, 0) is 73.2 Å². The molecule has 4 heteroatoms. The Hall–Kier alpha value is -2.20. The first kappa shape index (κ1) is 18.6. The Kier molecular flexibility index (Phi) is 6.04. The molecule has 2 aromatic rings. The summed E-state index contributed by atoms with van der Waals surface area (Å²) in [5.41, 5.74) is 5.23. The Morgan fingerprint density at radius 2 is 1.69 bits per heavy atom. The number of nitrogens with one attached hydrogen (secondary N) is 1. The van der Waals surface area contributed by atoms with Crippen LogP contribution in [-0.2, 0) is 12.8 Å². The van der Waals surface area contributed by atoms with E-state index in [1.807, 2.05) is 19.9 Å². The molecule has 3 rings (SSSR count). The zero-order chi connectivity index (χ0) is 18.5. The van der Waals surface area contributed by atoms with Gasteiger partial charge in [0.2, 0.25) is 0 Å². The van der Waals surface area contributed by atoms with Gasteiger partial charge in [-0.1, -0.05) is 13.0 Å². The van der Waals surface area contributed by atoms with Gasteiger partial charge in [0.15, 0.2) is 11.5 Å². The molecule has 26 heavy (non-hydrogen) atoms. The lowest BCUT2D eigenvalue weighted by atomic mass is 9.86. The summed E-state index contributed by atoms with van der Waals surface area (Å²) in [5, 5.41) is 3.69. The van der Waals surface area contributed by atoms with Gasteiger partial charge in [0.05, 0.1) is 26.4 Å². The first-order valence-electron chi connectivity index (χ1n) is 9.54. The molecule has 0 spiro atoms. The van der Waals surface area contributed by atoms with E-state index in [9.17, 15) is 0 Å². The van der Waals surface area contributed by atoms with Crippen molar-refractivity contribution in [3.63, 3.8) is 0 Å². The molecule has 1 heterocycles. The summed E-state index contributed by atoms with van der Waals surface area (Å²) in [7, 11) is 1.71. The highest BCUT2D eigenvalue weighted by atomic mass is 16.5. The first-order valence-corrected chi connectivity index (χ1v) is 9.54. The van der Waals surface area contributed by atoms with Crippen LogP contribution in [0.25, 0.3) is 0 Å². The Morgan fingerprint density at radius 1 is 0.962 bits per heavy atom. The van der Waals surface area contributed by atoms with Crippen LogP contribution in [0.3, 0.4) is 0 Å². The van der Waals surface area contributed by atoms with Crippen molar-refractivity contribution in [2.75, 3.05) is 26.9 Å². The second kappa shape index (κ2) is 8.45. The monoisotopic (exact) mass is 355 g/mol. The van der Waals surface area contributed by atoms with Crippen molar-refractivity contribution in [2.45, 2.75) is 39.7 Å². The van der Waals surface area contributed by atoms with E-state index in [0.29, 0.717) is 13.2 Å². The van der Waals surface area contributed by atoms with E-state index < -0.39 is 0 Å². The van der Waals surface area contributed by atoms with E-state index in [1.54, 1.807) is 7.11 Å². The van der Waals surface area contributed by atoms with Crippen molar-refractivity contribution in [2.24, 2.45) is 0 Å². The molecule has 1 atom stereocenters. The summed E-state index contributed by atoms with van der Waals surface area (Å²) in [6.07, 6.45) is 1.96. The maximum atomic E-state index is 5.86. The molecule has 4 nitrogen and oxygen atoms in total. The van der Waals surface area contributed by atoms with Crippen LogP contribution in [0.5, 0.6) is 17.2 Å².